The summed E-state index contributed by atoms with van der Waals surface area (Å²) in [6.07, 6.45) is 5.93. The van der Waals surface area contributed by atoms with E-state index in [0.717, 1.165) is 11.3 Å². The van der Waals surface area contributed by atoms with E-state index in [1.165, 1.54) is 0 Å². The van der Waals surface area contributed by atoms with E-state index in [9.17, 15) is 9.59 Å². The Morgan fingerprint density at radius 1 is 1.24 bits per heavy atom. The lowest BCUT2D eigenvalue weighted by atomic mass is 10.1. The molecular weight excluding hydrogens is 402 g/mol. The van der Waals surface area contributed by atoms with Crippen LogP contribution in [0.1, 0.15) is 22.3 Å². The SMILES string of the molecule is CSCC[C@@H](NC(=O)c1ccccc1Br)C(=O)NCc1cccnc1. The number of thioether (sulfide) groups is 1. The number of rotatable bonds is 8. The molecule has 1 aromatic heterocycles. The standard InChI is InChI=1S/C18H20BrN3O2S/c1-25-10-8-16(18(24)21-12-13-5-4-9-20-11-13)22-17(23)14-6-2-3-7-15(14)19/h2-7,9,11,16H,8,10,12H2,1H3,(H,21,24)(H,22,23)/t16-/m1/s1. The maximum atomic E-state index is 12.5. The molecule has 0 spiro atoms. The average molecular weight is 422 g/mol. The summed E-state index contributed by atoms with van der Waals surface area (Å²) >= 11 is 5.00. The van der Waals surface area contributed by atoms with Crippen LogP contribution in [0, 0.1) is 0 Å². The van der Waals surface area contributed by atoms with Gasteiger partial charge in [0.05, 0.1) is 5.56 Å². The van der Waals surface area contributed by atoms with Gasteiger partial charge in [-0.3, -0.25) is 14.6 Å². The zero-order valence-corrected chi connectivity index (χ0v) is 16.3. The molecule has 1 heterocycles. The van der Waals surface area contributed by atoms with Gasteiger partial charge in [0, 0.05) is 23.4 Å². The lowest BCUT2D eigenvalue weighted by Crippen LogP contribution is -2.47. The fraction of sp³-hybridized carbons (Fsp3) is 0.278. The largest absolute Gasteiger partial charge is 0.350 e. The second-order valence-electron chi connectivity index (χ2n) is 5.37. The van der Waals surface area contributed by atoms with Crippen molar-refractivity contribution in [2.75, 3.05) is 12.0 Å². The Morgan fingerprint density at radius 3 is 2.72 bits per heavy atom. The second-order valence-corrected chi connectivity index (χ2v) is 7.21. The highest BCUT2D eigenvalue weighted by Gasteiger charge is 2.21. The van der Waals surface area contributed by atoms with Gasteiger partial charge in [0.15, 0.2) is 0 Å². The Labute approximate surface area is 160 Å². The number of pyridine rings is 1. The lowest BCUT2D eigenvalue weighted by molar-refractivity contribution is -0.123. The van der Waals surface area contributed by atoms with Gasteiger partial charge < -0.3 is 10.6 Å². The average Bonchev–Trinajstić information content (AvgIpc) is 2.64. The molecule has 2 N–H and O–H groups in total. The molecule has 0 bridgehead atoms. The number of benzene rings is 1. The van der Waals surface area contributed by atoms with E-state index >= 15 is 0 Å². The lowest BCUT2D eigenvalue weighted by Gasteiger charge is -2.18. The molecule has 1 atom stereocenters. The van der Waals surface area contributed by atoms with Gasteiger partial charge in [0.2, 0.25) is 5.91 Å². The number of hydrogen-bond acceptors (Lipinski definition) is 4. The molecule has 0 unspecified atom stereocenters. The maximum Gasteiger partial charge on any atom is 0.253 e. The molecule has 0 saturated carbocycles. The fourth-order valence-electron chi connectivity index (χ4n) is 2.20. The second kappa shape index (κ2) is 10.2. The minimum Gasteiger partial charge on any atom is -0.350 e. The first-order chi connectivity index (χ1) is 12.1. The number of aromatic nitrogens is 1. The molecular formula is C18H20BrN3O2S. The van der Waals surface area contributed by atoms with E-state index in [4.69, 9.17) is 0 Å². The summed E-state index contributed by atoms with van der Waals surface area (Å²) in [7, 11) is 0. The van der Waals surface area contributed by atoms with Crippen LogP contribution in [0.4, 0.5) is 0 Å². The number of hydrogen-bond donors (Lipinski definition) is 2. The Balaban J connectivity index is 2.00. The minimum absolute atomic E-state index is 0.196. The monoisotopic (exact) mass is 421 g/mol. The van der Waals surface area contributed by atoms with Crippen LogP contribution in [-0.2, 0) is 11.3 Å². The summed E-state index contributed by atoms with van der Waals surface area (Å²) < 4.78 is 0.701. The van der Waals surface area contributed by atoms with Crippen molar-refractivity contribution in [3.8, 4) is 0 Å². The van der Waals surface area contributed by atoms with Gasteiger partial charge in [0.1, 0.15) is 6.04 Å². The smallest absolute Gasteiger partial charge is 0.253 e. The molecule has 0 saturated heterocycles. The Bertz CT molecular complexity index is 712. The van der Waals surface area contributed by atoms with Crippen LogP contribution in [0.15, 0.2) is 53.3 Å². The molecule has 0 aliphatic heterocycles. The van der Waals surface area contributed by atoms with Crippen molar-refractivity contribution < 1.29 is 9.59 Å². The number of halogens is 1. The molecule has 0 aliphatic rings. The van der Waals surface area contributed by atoms with Gasteiger partial charge in [-0.2, -0.15) is 11.8 Å². The highest BCUT2D eigenvalue weighted by molar-refractivity contribution is 9.10. The van der Waals surface area contributed by atoms with Gasteiger partial charge in [-0.05, 0) is 58.1 Å². The highest BCUT2D eigenvalue weighted by atomic mass is 79.9. The van der Waals surface area contributed by atoms with Crippen LogP contribution in [0.5, 0.6) is 0 Å². The third kappa shape index (κ3) is 6.17. The summed E-state index contributed by atoms with van der Waals surface area (Å²) in [6, 6.07) is 10.3. The van der Waals surface area contributed by atoms with Crippen molar-refractivity contribution in [2.45, 2.75) is 19.0 Å². The zero-order valence-electron chi connectivity index (χ0n) is 13.9. The van der Waals surface area contributed by atoms with Crippen molar-refractivity contribution in [3.63, 3.8) is 0 Å². The zero-order chi connectivity index (χ0) is 18.1. The molecule has 0 fully saturated rings. The normalized spacial score (nSPS) is 11.6. The summed E-state index contributed by atoms with van der Waals surface area (Å²) in [4.78, 5) is 29.0. The molecule has 25 heavy (non-hydrogen) atoms. The Hall–Kier alpha value is -1.86. The first-order valence-electron chi connectivity index (χ1n) is 7.82. The quantitative estimate of drug-likeness (QED) is 0.686. The van der Waals surface area contributed by atoms with Crippen molar-refractivity contribution >= 4 is 39.5 Å². The number of nitrogens with zero attached hydrogens (tertiary/aromatic N) is 1. The maximum absolute atomic E-state index is 12.5. The molecule has 5 nitrogen and oxygen atoms in total. The van der Waals surface area contributed by atoms with E-state index in [2.05, 4.69) is 31.5 Å². The summed E-state index contributed by atoms with van der Waals surface area (Å²) in [5.74, 6) is 0.315. The van der Waals surface area contributed by atoms with E-state index in [0.29, 0.717) is 23.0 Å². The van der Waals surface area contributed by atoms with Crippen molar-refractivity contribution in [1.29, 1.82) is 0 Å². The number of amides is 2. The molecule has 132 valence electrons. The molecule has 2 amide bonds. The van der Waals surface area contributed by atoms with Crippen molar-refractivity contribution in [3.05, 3.63) is 64.4 Å². The first kappa shape index (κ1) is 19.5. The van der Waals surface area contributed by atoms with E-state index in [-0.39, 0.29) is 11.8 Å². The Morgan fingerprint density at radius 2 is 2.04 bits per heavy atom. The van der Waals surface area contributed by atoms with Gasteiger partial charge in [-0.1, -0.05) is 18.2 Å². The van der Waals surface area contributed by atoms with Crippen LogP contribution in [0.25, 0.3) is 0 Å². The topological polar surface area (TPSA) is 71.1 Å². The third-order valence-corrected chi connectivity index (χ3v) is 4.88. The van der Waals surface area contributed by atoms with E-state index in [1.807, 2.05) is 24.5 Å². The Kier molecular flexibility index (Phi) is 7.94. The van der Waals surface area contributed by atoms with Crippen LogP contribution in [0.3, 0.4) is 0 Å². The number of carbonyl (C=O) groups excluding carboxylic acids is 2. The van der Waals surface area contributed by atoms with Crippen LogP contribution < -0.4 is 10.6 Å². The summed E-state index contributed by atoms with van der Waals surface area (Å²) in [5.41, 5.74) is 1.42. The minimum atomic E-state index is -0.580. The van der Waals surface area contributed by atoms with Crippen molar-refractivity contribution in [1.82, 2.24) is 15.6 Å². The fourth-order valence-corrected chi connectivity index (χ4v) is 3.14. The predicted molar refractivity (Wildman–Crippen MR) is 104 cm³/mol. The van der Waals surface area contributed by atoms with Gasteiger partial charge in [-0.15, -0.1) is 0 Å². The molecule has 0 radical (unpaired) electrons. The first-order valence-corrected chi connectivity index (χ1v) is 10.0. The third-order valence-electron chi connectivity index (χ3n) is 3.54. The summed E-state index contributed by atoms with van der Waals surface area (Å²) in [6.45, 7) is 0.382. The predicted octanol–water partition coefficient (Wildman–Crippen LogP) is 3.01. The van der Waals surface area contributed by atoms with E-state index in [1.54, 1.807) is 42.4 Å². The van der Waals surface area contributed by atoms with Gasteiger partial charge in [0.25, 0.3) is 5.91 Å². The van der Waals surface area contributed by atoms with Crippen LogP contribution in [-0.4, -0.2) is 34.8 Å². The molecule has 2 rings (SSSR count). The molecule has 7 heteroatoms. The highest BCUT2D eigenvalue weighted by Crippen LogP contribution is 2.16. The van der Waals surface area contributed by atoms with Crippen molar-refractivity contribution in [2.24, 2.45) is 0 Å². The molecule has 2 aromatic rings. The van der Waals surface area contributed by atoms with Gasteiger partial charge in [-0.25, -0.2) is 0 Å². The van der Waals surface area contributed by atoms with Gasteiger partial charge >= 0.3 is 0 Å². The van der Waals surface area contributed by atoms with E-state index < -0.39 is 6.04 Å². The summed E-state index contributed by atoms with van der Waals surface area (Å²) in [5, 5.41) is 5.70. The van der Waals surface area contributed by atoms with Crippen LogP contribution >= 0.6 is 27.7 Å². The number of nitrogens with one attached hydrogen (secondary N) is 2. The number of carbonyl (C=O) groups is 2. The van der Waals surface area contributed by atoms with Crippen LogP contribution in [0.2, 0.25) is 0 Å². The molecule has 1 aromatic carbocycles. The molecule has 0 aliphatic carbocycles.